The molecule has 0 fully saturated rings. The van der Waals surface area contributed by atoms with Gasteiger partial charge in [0.15, 0.2) is 0 Å². The molecule has 0 aliphatic carbocycles. The third-order valence-corrected chi connectivity index (χ3v) is 0.633. The Hall–Kier alpha value is 0.490. The summed E-state index contributed by atoms with van der Waals surface area (Å²) < 4.78 is 33.1. The van der Waals surface area contributed by atoms with E-state index in [-0.39, 0.29) is 3.39 Å². The molecule has 0 saturated carbocycles. The number of rotatable bonds is 0. The van der Waals surface area contributed by atoms with Crippen molar-refractivity contribution in [2.45, 2.75) is 6.18 Å². The van der Waals surface area contributed by atoms with Crippen molar-refractivity contribution in [2.24, 2.45) is 0 Å². The maximum absolute atomic E-state index is 11.1. The van der Waals surface area contributed by atoms with Crippen LogP contribution >= 0.6 is 31.9 Å². The summed E-state index contributed by atoms with van der Waals surface area (Å²) in [7, 11) is 0. The van der Waals surface area contributed by atoms with Crippen molar-refractivity contribution in [1.82, 2.24) is 0 Å². The van der Waals surface area contributed by atoms with Crippen molar-refractivity contribution in [2.75, 3.05) is 0 Å². The van der Waals surface area contributed by atoms with E-state index >= 15 is 0 Å². The summed E-state index contributed by atoms with van der Waals surface area (Å²) in [6.45, 7) is 0. The van der Waals surface area contributed by atoms with Gasteiger partial charge >= 0.3 is 6.18 Å². The second-order valence-electron chi connectivity index (χ2n) is 0.883. The summed E-state index contributed by atoms with van der Waals surface area (Å²) in [5, 5.41) is 0. The first kappa shape index (κ1) is 8.49. The number of hydrogen-bond donors (Lipinski definition) is 0. The third-order valence-electron chi connectivity index (χ3n) is 0.236. The molecule has 0 saturated heterocycles. The second-order valence-corrected chi connectivity index (χ2v) is 3.53. The van der Waals surface area contributed by atoms with E-state index in [1.807, 2.05) is 0 Å². The maximum Gasteiger partial charge on any atom is 0.418 e. The number of allylic oxidation sites excluding steroid dienone is 1. The van der Waals surface area contributed by atoms with E-state index in [0.29, 0.717) is 0 Å². The van der Waals surface area contributed by atoms with E-state index in [0.717, 1.165) is 6.08 Å². The lowest BCUT2D eigenvalue weighted by Crippen LogP contribution is -2.01. The van der Waals surface area contributed by atoms with Gasteiger partial charge in [-0.1, -0.05) is 0 Å². The molecule has 0 atom stereocenters. The Morgan fingerprint density at radius 2 is 1.62 bits per heavy atom. The van der Waals surface area contributed by atoms with Crippen LogP contribution in [0.5, 0.6) is 0 Å². The minimum Gasteiger partial charge on any atom is -0.166 e. The van der Waals surface area contributed by atoms with Gasteiger partial charge in [0, 0.05) is 0 Å². The number of halogens is 5. The first-order chi connectivity index (χ1) is 3.42. The van der Waals surface area contributed by atoms with Crippen LogP contribution in [-0.2, 0) is 0 Å². The number of hydrogen-bond acceptors (Lipinski definition) is 0. The van der Waals surface area contributed by atoms with Crippen LogP contribution in [0.3, 0.4) is 0 Å². The lowest BCUT2D eigenvalue weighted by molar-refractivity contribution is -0.0873. The summed E-state index contributed by atoms with van der Waals surface area (Å²) in [6, 6.07) is 0. The summed E-state index contributed by atoms with van der Waals surface area (Å²) in [6.07, 6.45) is -3.23. The normalized spacial score (nSPS) is 11.1. The zero-order valence-corrected chi connectivity index (χ0v) is 6.56. The van der Waals surface area contributed by atoms with Gasteiger partial charge < -0.3 is 0 Å². The van der Waals surface area contributed by atoms with Gasteiger partial charge in [0.2, 0.25) is 0 Å². The molecule has 5 heteroatoms. The summed E-state index contributed by atoms with van der Waals surface area (Å²) in [4.78, 5) is 0. The van der Waals surface area contributed by atoms with Crippen LogP contribution in [0.1, 0.15) is 0 Å². The fourth-order valence-electron chi connectivity index (χ4n) is 0.107. The predicted octanol–water partition coefficient (Wildman–Crippen LogP) is 2.98. The van der Waals surface area contributed by atoms with Gasteiger partial charge in [-0.05, 0) is 31.9 Å². The molecule has 0 amide bonds. The van der Waals surface area contributed by atoms with Crippen molar-refractivity contribution in [3.63, 3.8) is 0 Å². The van der Waals surface area contributed by atoms with E-state index in [1.165, 1.54) is 0 Å². The van der Waals surface area contributed by atoms with E-state index in [9.17, 15) is 13.2 Å². The summed E-state index contributed by atoms with van der Waals surface area (Å²) >= 11 is 5.02. The smallest absolute Gasteiger partial charge is 0.166 e. The van der Waals surface area contributed by atoms with E-state index in [1.54, 1.807) is 0 Å². The Morgan fingerprint density at radius 3 is 1.62 bits per heavy atom. The van der Waals surface area contributed by atoms with Crippen molar-refractivity contribution in [3.8, 4) is 0 Å². The van der Waals surface area contributed by atoms with E-state index in [4.69, 9.17) is 0 Å². The standard InChI is InChI=1S/C3Br2F3/c4-2(5)1-3(6,7)8. The van der Waals surface area contributed by atoms with E-state index in [2.05, 4.69) is 31.9 Å². The Balaban J connectivity index is 3.89. The van der Waals surface area contributed by atoms with Crippen molar-refractivity contribution < 1.29 is 13.2 Å². The summed E-state index contributed by atoms with van der Waals surface area (Å²) in [5.41, 5.74) is 0. The topological polar surface area (TPSA) is 0 Å². The fraction of sp³-hybridized carbons (Fsp3) is 0.333. The zero-order chi connectivity index (χ0) is 6.78. The highest BCUT2D eigenvalue weighted by Gasteiger charge is 2.24. The van der Waals surface area contributed by atoms with Crippen molar-refractivity contribution >= 4 is 31.9 Å². The van der Waals surface area contributed by atoms with Crippen LogP contribution in [-0.4, -0.2) is 6.18 Å². The molecule has 0 aliphatic rings. The zero-order valence-electron chi connectivity index (χ0n) is 3.39. The van der Waals surface area contributed by atoms with Crippen LogP contribution in [0.2, 0.25) is 0 Å². The molecule has 0 bridgehead atoms. The van der Waals surface area contributed by atoms with Crippen LogP contribution in [0, 0.1) is 6.08 Å². The molecule has 0 aromatic rings. The second kappa shape index (κ2) is 2.87. The van der Waals surface area contributed by atoms with Crippen molar-refractivity contribution in [1.29, 1.82) is 0 Å². The molecule has 0 nitrogen and oxygen atoms in total. The van der Waals surface area contributed by atoms with Crippen LogP contribution < -0.4 is 0 Å². The van der Waals surface area contributed by atoms with Gasteiger partial charge in [-0.3, -0.25) is 0 Å². The Morgan fingerprint density at radius 1 is 1.25 bits per heavy atom. The molecule has 0 rings (SSSR count). The molecule has 1 radical (unpaired) electrons. The average Bonchev–Trinajstić information content (AvgIpc) is 1.21. The molecule has 0 aromatic carbocycles. The van der Waals surface area contributed by atoms with Crippen LogP contribution in [0.4, 0.5) is 13.2 Å². The van der Waals surface area contributed by atoms with Crippen LogP contribution in [0.15, 0.2) is 3.39 Å². The first-order valence-electron chi connectivity index (χ1n) is 1.44. The minimum atomic E-state index is -4.36. The Bertz CT molecular complexity index is 99.6. The van der Waals surface area contributed by atoms with Gasteiger partial charge in [-0.15, -0.1) is 0 Å². The molecule has 0 N–H and O–H groups in total. The Labute approximate surface area is 61.0 Å². The molecule has 0 heterocycles. The minimum absolute atomic E-state index is 0.225. The highest BCUT2D eigenvalue weighted by molar-refractivity contribution is 9.28. The highest BCUT2D eigenvalue weighted by atomic mass is 79.9. The van der Waals surface area contributed by atoms with Gasteiger partial charge in [-0.25, -0.2) is 0 Å². The first-order valence-corrected chi connectivity index (χ1v) is 3.03. The highest BCUT2D eigenvalue weighted by Crippen LogP contribution is 2.22. The third kappa shape index (κ3) is 6.49. The summed E-state index contributed by atoms with van der Waals surface area (Å²) in [5.74, 6) is 0. The predicted molar refractivity (Wildman–Crippen MR) is 30.7 cm³/mol. The van der Waals surface area contributed by atoms with Gasteiger partial charge in [0.05, 0.1) is 9.47 Å². The van der Waals surface area contributed by atoms with Gasteiger partial charge in [0.1, 0.15) is 0 Å². The lowest BCUT2D eigenvalue weighted by Gasteiger charge is -1.94. The number of alkyl halides is 3. The Kier molecular flexibility index (Phi) is 3.04. The quantitative estimate of drug-likeness (QED) is 0.622. The molecule has 8 heavy (non-hydrogen) atoms. The average molecular weight is 253 g/mol. The molecule has 47 valence electrons. The van der Waals surface area contributed by atoms with Gasteiger partial charge in [-0.2, -0.15) is 13.2 Å². The lowest BCUT2D eigenvalue weighted by atomic mass is 10.6. The largest absolute Gasteiger partial charge is 0.418 e. The molecule has 0 aromatic heterocycles. The molecular formula is C3Br2F3. The van der Waals surface area contributed by atoms with Gasteiger partial charge in [0.25, 0.3) is 0 Å². The fourth-order valence-corrected chi connectivity index (χ4v) is 0.557. The van der Waals surface area contributed by atoms with Crippen molar-refractivity contribution in [3.05, 3.63) is 9.47 Å². The molecular weight excluding hydrogens is 253 g/mol. The molecule has 0 unspecified atom stereocenters. The van der Waals surface area contributed by atoms with Crippen LogP contribution in [0.25, 0.3) is 0 Å². The molecule has 0 spiro atoms. The molecule has 0 aliphatic heterocycles. The SMILES string of the molecule is FC(F)(F)[C]=C(Br)Br. The maximum atomic E-state index is 11.1. The van der Waals surface area contributed by atoms with E-state index < -0.39 is 6.18 Å². The monoisotopic (exact) mass is 251 g/mol.